The Hall–Kier alpha value is -0.830. The lowest BCUT2D eigenvalue weighted by Crippen LogP contribution is -2.42. The topological polar surface area (TPSA) is 43.8 Å². The van der Waals surface area contributed by atoms with E-state index in [4.69, 9.17) is 5.73 Å². The summed E-state index contributed by atoms with van der Waals surface area (Å²) in [6, 6.07) is 0.284. The van der Waals surface area contributed by atoms with Crippen LogP contribution in [0, 0.1) is 11.3 Å². The lowest BCUT2D eigenvalue weighted by molar-refractivity contribution is 0.181. The molecule has 1 aromatic rings. The van der Waals surface area contributed by atoms with Gasteiger partial charge in [0.1, 0.15) is 0 Å². The fourth-order valence-corrected chi connectivity index (χ4v) is 3.67. The molecule has 3 nitrogen and oxygen atoms in total. The number of aryl methyl sites for hydroxylation is 1. The number of nitrogens with two attached hydrogens (primary N) is 1. The zero-order valence-corrected chi connectivity index (χ0v) is 12.0. The Balaban J connectivity index is 2.06. The van der Waals surface area contributed by atoms with Gasteiger partial charge in [0.15, 0.2) is 0 Å². The Labute approximate surface area is 111 Å². The van der Waals surface area contributed by atoms with E-state index in [2.05, 4.69) is 25.1 Å². The maximum absolute atomic E-state index is 6.57. The minimum absolute atomic E-state index is 0.284. The standard InChI is InChI=1S/C15H27N3/c1-12(2)9-15(6-4-5-7-15)14(16)8-13-10-17-18(3)11-13/h10-12,14H,4-9,16H2,1-3H3. The van der Waals surface area contributed by atoms with Gasteiger partial charge in [0.25, 0.3) is 0 Å². The van der Waals surface area contributed by atoms with Crippen LogP contribution in [0.3, 0.4) is 0 Å². The molecule has 1 aromatic heterocycles. The number of aromatic nitrogens is 2. The molecule has 0 saturated heterocycles. The third kappa shape index (κ3) is 2.94. The molecule has 1 aliphatic carbocycles. The van der Waals surface area contributed by atoms with Crippen molar-refractivity contribution in [3.8, 4) is 0 Å². The van der Waals surface area contributed by atoms with Gasteiger partial charge in [-0.2, -0.15) is 5.10 Å². The lowest BCUT2D eigenvalue weighted by Gasteiger charge is -2.37. The van der Waals surface area contributed by atoms with Crippen LogP contribution in [0.25, 0.3) is 0 Å². The van der Waals surface area contributed by atoms with Gasteiger partial charge in [0.2, 0.25) is 0 Å². The number of hydrogen-bond donors (Lipinski definition) is 1. The SMILES string of the molecule is CC(C)CC1(C(N)Cc2cnn(C)c2)CCCC1. The minimum atomic E-state index is 0.284. The summed E-state index contributed by atoms with van der Waals surface area (Å²) in [4.78, 5) is 0. The summed E-state index contributed by atoms with van der Waals surface area (Å²) in [5.41, 5.74) is 8.22. The van der Waals surface area contributed by atoms with Crippen LogP contribution in [0.5, 0.6) is 0 Å². The van der Waals surface area contributed by atoms with Gasteiger partial charge in [-0.05, 0) is 42.6 Å². The first-order valence-electron chi connectivity index (χ1n) is 7.25. The van der Waals surface area contributed by atoms with Crippen molar-refractivity contribution in [3.05, 3.63) is 18.0 Å². The quantitative estimate of drug-likeness (QED) is 0.872. The molecule has 0 amide bonds. The average Bonchev–Trinajstić information content (AvgIpc) is 2.88. The molecule has 1 heterocycles. The molecule has 0 aliphatic heterocycles. The largest absolute Gasteiger partial charge is 0.327 e. The summed E-state index contributed by atoms with van der Waals surface area (Å²) in [6.07, 6.45) is 11.6. The molecule has 102 valence electrons. The highest BCUT2D eigenvalue weighted by Gasteiger charge is 2.39. The van der Waals surface area contributed by atoms with Crippen molar-refractivity contribution in [3.63, 3.8) is 0 Å². The summed E-state index contributed by atoms with van der Waals surface area (Å²) < 4.78 is 1.87. The highest BCUT2D eigenvalue weighted by atomic mass is 15.2. The highest BCUT2D eigenvalue weighted by molar-refractivity contribution is 5.09. The third-order valence-corrected chi connectivity index (χ3v) is 4.41. The molecule has 0 radical (unpaired) electrons. The van der Waals surface area contributed by atoms with E-state index in [1.165, 1.54) is 37.7 Å². The fraction of sp³-hybridized carbons (Fsp3) is 0.800. The van der Waals surface area contributed by atoms with Crippen molar-refractivity contribution in [1.82, 2.24) is 9.78 Å². The van der Waals surface area contributed by atoms with Crippen molar-refractivity contribution in [2.75, 3.05) is 0 Å². The molecule has 1 saturated carbocycles. The summed E-state index contributed by atoms with van der Waals surface area (Å²) in [5.74, 6) is 0.739. The van der Waals surface area contributed by atoms with Crippen molar-refractivity contribution in [2.24, 2.45) is 24.1 Å². The van der Waals surface area contributed by atoms with Gasteiger partial charge in [-0.1, -0.05) is 26.7 Å². The second-order valence-electron chi connectivity index (χ2n) is 6.50. The first kappa shape index (κ1) is 13.6. The number of nitrogens with zero attached hydrogens (tertiary/aromatic N) is 2. The van der Waals surface area contributed by atoms with Crippen LogP contribution in [-0.2, 0) is 13.5 Å². The molecule has 0 bridgehead atoms. The maximum Gasteiger partial charge on any atom is 0.0522 e. The lowest BCUT2D eigenvalue weighted by atomic mass is 9.71. The van der Waals surface area contributed by atoms with Crippen LogP contribution in [0.1, 0.15) is 51.5 Å². The molecule has 0 spiro atoms. The first-order valence-corrected chi connectivity index (χ1v) is 7.25. The number of rotatable bonds is 5. The van der Waals surface area contributed by atoms with E-state index in [-0.39, 0.29) is 6.04 Å². The molecule has 3 heteroatoms. The summed E-state index contributed by atoms with van der Waals surface area (Å²) in [7, 11) is 1.97. The van der Waals surface area contributed by atoms with E-state index in [0.717, 1.165) is 12.3 Å². The van der Waals surface area contributed by atoms with E-state index in [1.54, 1.807) is 0 Å². The summed E-state index contributed by atoms with van der Waals surface area (Å²) in [6.45, 7) is 4.63. The molecule has 1 fully saturated rings. The predicted molar refractivity (Wildman–Crippen MR) is 75.2 cm³/mol. The van der Waals surface area contributed by atoms with Crippen LogP contribution in [0.15, 0.2) is 12.4 Å². The smallest absolute Gasteiger partial charge is 0.0522 e. The van der Waals surface area contributed by atoms with Crippen LogP contribution in [0.4, 0.5) is 0 Å². The van der Waals surface area contributed by atoms with E-state index >= 15 is 0 Å². The van der Waals surface area contributed by atoms with E-state index < -0.39 is 0 Å². The molecule has 1 atom stereocenters. The van der Waals surface area contributed by atoms with Crippen molar-refractivity contribution in [1.29, 1.82) is 0 Å². The molecule has 1 unspecified atom stereocenters. The Bertz CT molecular complexity index is 375. The van der Waals surface area contributed by atoms with Gasteiger partial charge >= 0.3 is 0 Å². The van der Waals surface area contributed by atoms with Gasteiger partial charge in [-0.25, -0.2) is 0 Å². The zero-order valence-electron chi connectivity index (χ0n) is 12.0. The molecule has 0 aromatic carbocycles. The van der Waals surface area contributed by atoms with Gasteiger partial charge in [0, 0.05) is 19.3 Å². The van der Waals surface area contributed by atoms with E-state index in [1.807, 2.05) is 17.9 Å². The molecule has 18 heavy (non-hydrogen) atoms. The Kier molecular flexibility index (Phi) is 4.10. The molecule has 2 N–H and O–H groups in total. The van der Waals surface area contributed by atoms with Crippen LogP contribution < -0.4 is 5.73 Å². The van der Waals surface area contributed by atoms with Crippen LogP contribution in [0.2, 0.25) is 0 Å². The molecular formula is C15H27N3. The third-order valence-electron chi connectivity index (χ3n) is 4.41. The monoisotopic (exact) mass is 249 g/mol. The van der Waals surface area contributed by atoms with Crippen molar-refractivity contribution < 1.29 is 0 Å². The summed E-state index contributed by atoms with van der Waals surface area (Å²) >= 11 is 0. The fourth-order valence-electron chi connectivity index (χ4n) is 3.67. The van der Waals surface area contributed by atoms with Crippen molar-refractivity contribution in [2.45, 2.75) is 58.4 Å². The highest BCUT2D eigenvalue weighted by Crippen LogP contribution is 2.45. The minimum Gasteiger partial charge on any atom is -0.327 e. The second-order valence-corrected chi connectivity index (χ2v) is 6.50. The second kappa shape index (κ2) is 5.43. The van der Waals surface area contributed by atoms with Crippen LogP contribution in [-0.4, -0.2) is 15.8 Å². The van der Waals surface area contributed by atoms with Gasteiger partial charge in [-0.3, -0.25) is 4.68 Å². The molecular weight excluding hydrogens is 222 g/mol. The first-order chi connectivity index (χ1) is 8.52. The Morgan fingerprint density at radius 2 is 2.06 bits per heavy atom. The van der Waals surface area contributed by atoms with Crippen LogP contribution >= 0.6 is 0 Å². The Morgan fingerprint density at radius 1 is 1.39 bits per heavy atom. The van der Waals surface area contributed by atoms with Crippen molar-refractivity contribution >= 4 is 0 Å². The van der Waals surface area contributed by atoms with Gasteiger partial charge < -0.3 is 5.73 Å². The Morgan fingerprint density at radius 3 is 2.56 bits per heavy atom. The zero-order chi connectivity index (χ0) is 13.2. The van der Waals surface area contributed by atoms with E-state index in [9.17, 15) is 0 Å². The van der Waals surface area contributed by atoms with Gasteiger partial charge in [-0.15, -0.1) is 0 Å². The maximum atomic E-state index is 6.57. The molecule has 2 rings (SSSR count). The number of hydrogen-bond acceptors (Lipinski definition) is 2. The predicted octanol–water partition coefficient (Wildman–Crippen LogP) is 2.90. The average molecular weight is 249 g/mol. The van der Waals surface area contributed by atoms with E-state index in [0.29, 0.717) is 5.41 Å². The van der Waals surface area contributed by atoms with Gasteiger partial charge in [0.05, 0.1) is 6.20 Å². The normalized spacial score (nSPS) is 20.5. The summed E-state index contributed by atoms with van der Waals surface area (Å²) in [5, 5.41) is 4.24. The molecule has 1 aliphatic rings.